The van der Waals surface area contributed by atoms with E-state index in [4.69, 9.17) is 4.74 Å². The molecule has 1 atom stereocenters. The van der Waals surface area contributed by atoms with Crippen LogP contribution < -0.4 is 0 Å². The van der Waals surface area contributed by atoms with Crippen LogP contribution in [0.1, 0.15) is 5.56 Å². The third-order valence-electron chi connectivity index (χ3n) is 3.44. The van der Waals surface area contributed by atoms with E-state index >= 15 is 0 Å². The summed E-state index contributed by atoms with van der Waals surface area (Å²) in [5.41, 5.74) is 0.922. The van der Waals surface area contributed by atoms with E-state index in [0.29, 0.717) is 19.6 Å². The van der Waals surface area contributed by atoms with Crippen molar-refractivity contribution in [3.8, 4) is 0 Å². The van der Waals surface area contributed by atoms with Crippen LogP contribution in [0.4, 0.5) is 4.39 Å². The number of halogens is 1. The van der Waals surface area contributed by atoms with Crippen LogP contribution in [0.2, 0.25) is 0 Å². The molecule has 0 radical (unpaired) electrons. The lowest BCUT2D eigenvalue weighted by Crippen LogP contribution is -2.43. The molecule has 1 fully saturated rings. The third-order valence-corrected chi connectivity index (χ3v) is 3.44. The molecule has 0 aromatic heterocycles. The summed E-state index contributed by atoms with van der Waals surface area (Å²) in [5.74, 6) is -0.218. The van der Waals surface area contributed by atoms with E-state index in [0.717, 1.165) is 31.9 Å². The van der Waals surface area contributed by atoms with Crippen LogP contribution in [0.3, 0.4) is 0 Å². The van der Waals surface area contributed by atoms with Gasteiger partial charge in [-0.1, -0.05) is 12.1 Å². The Balaban J connectivity index is 1.74. The molecule has 112 valence electrons. The fourth-order valence-corrected chi connectivity index (χ4v) is 2.51. The second-order valence-electron chi connectivity index (χ2n) is 5.39. The van der Waals surface area contributed by atoms with Crippen molar-refractivity contribution in [2.75, 3.05) is 46.4 Å². The van der Waals surface area contributed by atoms with Crippen LogP contribution in [0.15, 0.2) is 24.3 Å². The maximum absolute atomic E-state index is 13.1. The Morgan fingerprint density at radius 3 is 2.85 bits per heavy atom. The topological polar surface area (TPSA) is 35.9 Å². The van der Waals surface area contributed by atoms with Crippen LogP contribution in [0.5, 0.6) is 0 Å². The van der Waals surface area contributed by atoms with Gasteiger partial charge in [0.05, 0.1) is 19.3 Å². The first-order chi connectivity index (χ1) is 9.63. The Kier molecular flexibility index (Phi) is 5.91. The number of nitrogens with zero attached hydrogens (tertiary/aromatic N) is 2. The summed E-state index contributed by atoms with van der Waals surface area (Å²) in [6.07, 6.45) is -0.397. The minimum Gasteiger partial charge on any atom is -0.390 e. The Hall–Kier alpha value is -1.01. The zero-order valence-corrected chi connectivity index (χ0v) is 12.0. The van der Waals surface area contributed by atoms with Crippen molar-refractivity contribution >= 4 is 0 Å². The van der Waals surface area contributed by atoms with Gasteiger partial charge in [-0.3, -0.25) is 9.80 Å². The lowest BCUT2D eigenvalue weighted by Gasteiger charge is -2.30. The highest BCUT2D eigenvalue weighted by atomic mass is 19.1. The molecule has 1 aromatic carbocycles. The van der Waals surface area contributed by atoms with Crippen molar-refractivity contribution in [2.45, 2.75) is 12.6 Å². The molecule has 1 saturated heterocycles. The van der Waals surface area contributed by atoms with Crippen molar-refractivity contribution in [3.63, 3.8) is 0 Å². The first-order valence-corrected chi connectivity index (χ1v) is 7.04. The number of likely N-dealkylation sites (N-methyl/N-ethyl adjacent to an activating group) is 1. The number of aliphatic hydroxyl groups excluding tert-OH is 1. The summed E-state index contributed by atoms with van der Waals surface area (Å²) in [6, 6.07) is 6.58. The van der Waals surface area contributed by atoms with Gasteiger partial charge in [-0.05, 0) is 24.7 Å². The van der Waals surface area contributed by atoms with E-state index in [9.17, 15) is 9.50 Å². The van der Waals surface area contributed by atoms with Gasteiger partial charge in [0.15, 0.2) is 0 Å². The van der Waals surface area contributed by atoms with E-state index in [1.165, 1.54) is 12.1 Å². The number of hydrogen-bond donors (Lipinski definition) is 1. The molecule has 1 aliphatic rings. The largest absolute Gasteiger partial charge is 0.390 e. The second kappa shape index (κ2) is 7.69. The highest BCUT2D eigenvalue weighted by Gasteiger charge is 2.16. The Labute approximate surface area is 119 Å². The monoisotopic (exact) mass is 282 g/mol. The van der Waals surface area contributed by atoms with E-state index in [-0.39, 0.29) is 5.82 Å². The lowest BCUT2D eigenvalue weighted by molar-refractivity contribution is 0.00825. The van der Waals surface area contributed by atoms with Crippen molar-refractivity contribution in [1.29, 1.82) is 0 Å². The zero-order valence-electron chi connectivity index (χ0n) is 12.0. The maximum atomic E-state index is 13.1. The average Bonchev–Trinajstić information content (AvgIpc) is 2.39. The Morgan fingerprint density at radius 1 is 1.40 bits per heavy atom. The molecule has 0 amide bonds. The van der Waals surface area contributed by atoms with Gasteiger partial charge in [-0.15, -0.1) is 0 Å². The van der Waals surface area contributed by atoms with Gasteiger partial charge >= 0.3 is 0 Å². The summed E-state index contributed by atoms with van der Waals surface area (Å²) in [6.45, 7) is 5.12. The standard InChI is InChI=1S/C15H23FN2O2/c1-17(10-13-3-2-4-14(16)9-13)11-15(19)12-18-5-7-20-8-6-18/h2-4,9,15,19H,5-8,10-12H2,1H3. The molecule has 1 heterocycles. The van der Waals surface area contributed by atoms with Crippen LogP contribution in [-0.4, -0.2) is 67.5 Å². The molecular weight excluding hydrogens is 259 g/mol. The molecule has 0 spiro atoms. The predicted molar refractivity (Wildman–Crippen MR) is 76.0 cm³/mol. The first-order valence-electron chi connectivity index (χ1n) is 7.04. The number of rotatable bonds is 6. The van der Waals surface area contributed by atoms with Crippen molar-refractivity contribution < 1.29 is 14.2 Å². The summed E-state index contributed by atoms with van der Waals surface area (Å²) in [5, 5.41) is 10.1. The maximum Gasteiger partial charge on any atom is 0.123 e. The van der Waals surface area contributed by atoms with E-state index in [2.05, 4.69) is 4.90 Å². The quantitative estimate of drug-likeness (QED) is 0.843. The molecule has 1 aromatic rings. The third kappa shape index (κ3) is 5.17. The second-order valence-corrected chi connectivity index (χ2v) is 5.39. The highest BCUT2D eigenvalue weighted by molar-refractivity contribution is 5.16. The van der Waals surface area contributed by atoms with Crippen LogP contribution in [0, 0.1) is 5.82 Å². The van der Waals surface area contributed by atoms with Crippen LogP contribution >= 0.6 is 0 Å². The molecule has 1 N–H and O–H groups in total. The van der Waals surface area contributed by atoms with Gasteiger partial charge in [0.25, 0.3) is 0 Å². The molecule has 2 rings (SSSR count). The lowest BCUT2D eigenvalue weighted by atomic mass is 10.2. The van der Waals surface area contributed by atoms with Crippen LogP contribution in [0.25, 0.3) is 0 Å². The molecule has 4 nitrogen and oxygen atoms in total. The molecule has 5 heteroatoms. The van der Waals surface area contributed by atoms with E-state index < -0.39 is 6.10 Å². The Bertz CT molecular complexity index is 411. The van der Waals surface area contributed by atoms with Gasteiger partial charge in [0.1, 0.15) is 5.82 Å². The van der Waals surface area contributed by atoms with E-state index in [1.807, 2.05) is 18.0 Å². The van der Waals surface area contributed by atoms with E-state index in [1.54, 1.807) is 6.07 Å². The van der Waals surface area contributed by atoms with Gasteiger partial charge in [0, 0.05) is 32.7 Å². The van der Waals surface area contributed by atoms with Gasteiger partial charge < -0.3 is 9.84 Å². The molecular formula is C15H23FN2O2. The number of aliphatic hydroxyl groups is 1. The molecule has 1 unspecified atom stereocenters. The summed E-state index contributed by atoms with van der Waals surface area (Å²) in [4.78, 5) is 4.23. The Morgan fingerprint density at radius 2 is 2.15 bits per heavy atom. The van der Waals surface area contributed by atoms with Gasteiger partial charge in [0.2, 0.25) is 0 Å². The molecule has 1 aliphatic heterocycles. The SMILES string of the molecule is CN(Cc1cccc(F)c1)CC(O)CN1CCOCC1. The number of benzene rings is 1. The first kappa shape index (κ1) is 15.4. The summed E-state index contributed by atoms with van der Waals surface area (Å²) >= 11 is 0. The van der Waals surface area contributed by atoms with Crippen molar-refractivity contribution in [2.24, 2.45) is 0 Å². The number of ether oxygens (including phenoxy) is 1. The fraction of sp³-hybridized carbons (Fsp3) is 0.600. The molecule has 20 heavy (non-hydrogen) atoms. The normalized spacial score (nSPS) is 18.4. The fourth-order valence-electron chi connectivity index (χ4n) is 2.51. The number of morpholine rings is 1. The van der Waals surface area contributed by atoms with Gasteiger partial charge in [-0.2, -0.15) is 0 Å². The number of hydrogen-bond acceptors (Lipinski definition) is 4. The van der Waals surface area contributed by atoms with Crippen molar-refractivity contribution in [3.05, 3.63) is 35.6 Å². The molecule has 0 saturated carbocycles. The van der Waals surface area contributed by atoms with Crippen molar-refractivity contribution in [1.82, 2.24) is 9.80 Å². The zero-order chi connectivity index (χ0) is 14.4. The predicted octanol–water partition coefficient (Wildman–Crippen LogP) is 0.951. The van der Waals surface area contributed by atoms with Crippen LogP contribution in [-0.2, 0) is 11.3 Å². The minimum absolute atomic E-state index is 0.218. The molecule has 0 aliphatic carbocycles. The highest BCUT2D eigenvalue weighted by Crippen LogP contribution is 2.07. The summed E-state index contributed by atoms with van der Waals surface area (Å²) in [7, 11) is 1.94. The average molecular weight is 282 g/mol. The minimum atomic E-state index is -0.397. The van der Waals surface area contributed by atoms with Gasteiger partial charge in [-0.25, -0.2) is 4.39 Å². The smallest absolute Gasteiger partial charge is 0.123 e. The molecule has 0 bridgehead atoms. The number of β-amino-alcohol motifs (C(OH)–C–C–N with tert-alkyl or cyclic N) is 1. The summed E-state index contributed by atoms with van der Waals surface area (Å²) < 4.78 is 18.4.